The number of nitrogens with two attached hydrogens (primary N) is 1. The van der Waals surface area contributed by atoms with Crippen molar-refractivity contribution in [1.29, 1.82) is 0 Å². The molecule has 0 aromatic carbocycles. The summed E-state index contributed by atoms with van der Waals surface area (Å²) in [6.07, 6.45) is 10.4. The highest BCUT2D eigenvalue weighted by Crippen LogP contribution is 2.35. The van der Waals surface area contributed by atoms with E-state index in [1.807, 2.05) is 44.3 Å². The molecule has 1 aromatic heterocycles. The van der Waals surface area contributed by atoms with E-state index in [0.717, 1.165) is 11.3 Å². The van der Waals surface area contributed by atoms with Crippen molar-refractivity contribution in [2.75, 3.05) is 27.3 Å². The van der Waals surface area contributed by atoms with Gasteiger partial charge in [0.05, 0.1) is 19.4 Å². The molecule has 1 aromatic rings. The van der Waals surface area contributed by atoms with Crippen LogP contribution >= 0.6 is 7.82 Å². The fourth-order valence-corrected chi connectivity index (χ4v) is 1.97. The van der Waals surface area contributed by atoms with Crippen LogP contribution in [0.25, 0.3) is 12.2 Å². The maximum absolute atomic E-state index is 10.2. The summed E-state index contributed by atoms with van der Waals surface area (Å²) in [7, 11) is -1.34. The molecule has 0 unspecified atom stereocenters. The molecule has 5 N–H and O–H groups in total. The van der Waals surface area contributed by atoms with Gasteiger partial charge in [0.1, 0.15) is 0 Å². The first-order chi connectivity index (χ1) is 12.8. The zero-order valence-electron chi connectivity index (χ0n) is 16.5. The standard InChI is InChI=1S/C11H13N.C6H14NO5P.CH5N/c1-3-6-10-8-5-9-12-11(10)7-4-2;1-6(11-2)7-4-3-5-12-13(8,9)10;1-2/h3-9H,1-2H3;7H,1,3-5H2,2H3,(H2,8,9,10);2H2,1H3/b6-3-,7-4-;;. The van der Waals surface area contributed by atoms with Gasteiger partial charge >= 0.3 is 7.82 Å². The molecule has 0 bridgehead atoms. The van der Waals surface area contributed by atoms with Gasteiger partial charge in [-0.2, -0.15) is 0 Å². The number of methoxy groups -OCH3 is 1. The average molecular weight is 401 g/mol. The zero-order valence-corrected chi connectivity index (χ0v) is 17.4. The van der Waals surface area contributed by atoms with Gasteiger partial charge in [0.2, 0.25) is 0 Å². The highest BCUT2D eigenvalue weighted by molar-refractivity contribution is 7.46. The molecular weight excluding hydrogens is 369 g/mol. The van der Waals surface area contributed by atoms with Crippen molar-refractivity contribution in [2.45, 2.75) is 20.3 Å². The van der Waals surface area contributed by atoms with Crippen molar-refractivity contribution in [3.05, 3.63) is 54.2 Å². The summed E-state index contributed by atoms with van der Waals surface area (Å²) in [5.41, 5.74) is 6.69. The molecule has 0 amide bonds. The average Bonchev–Trinajstić information content (AvgIpc) is 2.64. The number of aromatic nitrogens is 1. The van der Waals surface area contributed by atoms with E-state index in [1.165, 1.54) is 14.2 Å². The quantitative estimate of drug-likeness (QED) is 0.283. The first-order valence-corrected chi connectivity index (χ1v) is 9.82. The van der Waals surface area contributed by atoms with Gasteiger partial charge in [-0.15, -0.1) is 0 Å². The second-order valence-electron chi connectivity index (χ2n) is 4.71. The van der Waals surface area contributed by atoms with Crippen molar-refractivity contribution in [3.8, 4) is 0 Å². The van der Waals surface area contributed by atoms with Crippen LogP contribution in [0.2, 0.25) is 0 Å². The molecule has 1 rings (SSSR count). The smallest absolute Gasteiger partial charge is 0.469 e. The van der Waals surface area contributed by atoms with E-state index in [0.29, 0.717) is 18.8 Å². The fourth-order valence-electron chi connectivity index (χ4n) is 1.60. The van der Waals surface area contributed by atoms with Gasteiger partial charge in [0.25, 0.3) is 0 Å². The van der Waals surface area contributed by atoms with E-state index in [1.54, 1.807) is 0 Å². The Morgan fingerprint density at radius 2 is 1.96 bits per heavy atom. The molecule has 0 saturated carbocycles. The molecule has 0 aliphatic carbocycles. The number of hydrogen-bond donors (Lipinski definition) is 4. The molecule has 154 valence electrons. The molecule has 8 nitrogen and oxygen atoms in total. The Morgan fingerprint density at radius 1 is 1.33 bits per heavy atom. The molecule has 0 atom stereocenters. The van der Waals surface area contributed by atoms with Crippen LogP contribution in [0.5, 0.6) is 0 Å². The van der Waals surface area contributed by atoms with Crippen molar-refractivity contribution >= 4 is 20.0 Å². The molecule has 0 saturated heterocycles. The van der Waals surface area contributed by atoms with Gasteiger partial charge in [0, 0.05) is 12.7 Å². The highest BCUT2D eigenvalue weighted by Gasteiger charge is 2.12. The third-order valence-corrected chi connectivity index (χ3v) is 3.21. The predicted octanol–water partition coefficient (Wildman–Crippen LogP) is 2.92. The summed E-state index contributed by atoms with van der Waals surface area (Å²) in [4.78, 5) is 20.8. The highest BCUT2D eigenvalue weighted by atomic mass is 31.2. The van der Waals surface area contributed by atoms with Crippen molar-refractivity contribution < 1.29 is 23.6 Å². The minimum atomic E-state index is -4.32. The third-order valence-electron chi connectivity index (χ3n) is 2.69. The van der Waals surface area contributed by atoms with Crippen LogP contribution in [0, 0.1) is 0 Å². The van der Waals surface area contributed by atoms with Gasteiger partial charge in [-0.25, -0.2) is 4.57 Å². The van der Waals surface area contributed by atoms with E-state index >= 15 is 0 Å². The zero-order chi connectivity index (χ0) is 21.1. The van der Waals surface area contributed by atoms with Crippen molar-refractivity contribution in [2.24, 2.45) is 5.73 Å². The van der Waals surface area contributed by atoms with Gasteiger partial charge in [-0.3, -0.25) is 9.51 Å². The Hall–Kier alpha value is -1.96. The van der Waals surface area contributed by atoms with Gasteiger partial charge in [0.15, 0.2) is 5.88 Å². The largest absolute Gasteiger partial charge is 0.483 e. The number of ether oxygens (including phenoxy) is 1. The summed E-state index contributed by atoms with van der Waals surface area (Å²) in [5.74, 6) is 0.413. The Labute approximate surface area is 162 Å². The van der Waals surface area contributed by atoms with Crippen LogP contribution in [0.4, 0.5) is 0 Å². The lowest BCUT2D eigenvalue weighted by Crippen LogP contribution is -2.16. The number of rotatable bonds is 9. The Kier molecular flexibility index (Phi) is 17.6. The number of nitrogens with zero attached hydrogens (tertiary/aromatic N) is 1. The Balaban J connectivity index is 0. The van der Waals surface area contributed by atoms with Crippen LogP contribution in [-0.4, -0.2) is 42.1 Å². The fraction of sp³-hybridized carbons (Fsp3) is 0.389. The van der Waals surface area contributed by atoms with Crippen LogP contribution in [-0.2, 0) is 13.8 Å². The lowest BCUT2D eigenvalue weighted by atomic mass is 10.1. The number of pyridine rings is 1. The maximum Gasteiger partial charge on any atom is 0.469 e. The third kappa shape index (κ3) is 17.2. The monoisotopic (exact) mass is 401 g/mol. The maximum atomic E-state index is 10.2. The summed E-state index contributed by atoms with van der Waals surface area (Å²) < 4.78 is 19.1. The first-order valence-electron chi connectivity index (χ1n) is 8.29. The molecular formula is C18H32N3O5P. The van der Waals surface area contributed by atoms with Crippen LogP contribution in [0.1, 0.15) is 31.5 Å². The summed E-state index contributed by atoms with van der Waals surface area (Å²) in [6, 6.07) is 4.00. The Bertz CT molecular complexity index is 584. The lowest BCUT2D eigenvalue weighted by Gasteiger charge is -2.08. The van der Waals surface area contributed by atoms with Crippen LogP contribution < -0.4 is 11.1 Å². The second kappa shape index (κ2) is 17.5. The van der Waals surface area contributed by atoms with Crippen LogP contribution in [0.15, 0.2) is 42.9 Å². The minimum Gasteiger partial charge on any atom is -0.483 e. The lowest BCUT2D eigenvalue weighted by molar-refractivity contribution is 0.193. The SMILES string of the molecule is C/C=C\c1cccnc1/C=C\C.C=C(NCCCOP(=O)(O)O)OC.CN. The normalized spacial score (nSPS) is 10.6. The van der Waals surface area contributed by atoms with Crippen molar-refractivity contribution in [1.82, 2.24) is 10.3 Å². The van der Waals surface area contributed by atoms with Gasteiger partial charge in [-0.1, -0.05) is 24.3 Å². The molecule has 0 radical (unpaired) electrons. The molecule has 1 heterocycles. The number of nitrogens with one attached hydrogen (secondary N) is 1. The van der Waals surface area contributed by atoms with E-state index in [9.17, 15) is 4.57 Å². The predicted molar refractivity (Wildman–Crippen MR) is 111 cm³/mol. The topological polar surface area (TPSA) is 127 Å². The number of hydrogen-bond acceptors (Lipinski definition) is 6. The summed E-state index contributed by atoms with van der Waals surface area (Å²) in [5, 5.41) is 2.77. The van der Waals surface area contributed by atoms with E-state index in [-0.39, 0.29) is 6.61 Å². The molecule has 0 fully saturated rings. The molecule has 0 spiro atoms. The number of phosphoric acid groups is 1. The minimum absolute atomic E-state index is 0.00568. The number of allylic oxidation sites excluding steroid dienone is 2. The molecule has 0 aliphatic heterocycles. The first kappa shape index (κ1) is 27.3. The summed E-state index contributed by atoms with van der Waals surface area (Å²) >= 11 is 0. The molecule has 27 heavy (non-hydrogen) atoms. The van der Waals surface area contributed by atoms with E-state index < -0.39 is 7.82 Å². The van der Waals surface area contributed by atoms with E-state index in [2.05, 4.69) is 39.3 Å². The molecule has 0 aliphatic rings. The van der Waals surface area contributed by atoms with Gasteiger partial charge in [-0.05, 0) is 51.6 Å². The summed E-state index contributed by atoms with van der Waals surface area (Å²) in [6.45, 7) is 7.98. The van der Waals surface area contributed by atoms with Gasteiger partial charge < -0.3 is 25.6 Å². The van der Waals surface area contributed by atoms with Crippen LogP contribution in [0.3, 0.4) is 0 Å². The van der Waals surface area contributed by atoms with Crippen molar-refractivity contribution in [3.63, 3.8) is 0 Å². The number of phosphoric ester groups is 1. The second-order valence-corrected chi connectivity index (χ2v) is 5.95. The molecule has 9 heteroatoms. The Morgan fingerprint density at radius 3 is 2.48 bits per heavy atom. The van der Waals surface area contributed by atoms with E-state index in [4.69, 9.17) is 14.5 Å².